The Kier molecular flexibility index (Phi) is 4.97. The summed E-state index contributed by atoms with van der Waals surface area (Å²) in [5, 5.41) is 0. The van der Waals surface area contributed by atoms with Gasteiger partial charge in [-0.15, -0.1) is 0 Å². The second-order valence-corrected chi connectivity index (χ2v) is 7.48. The molecule has 4 nitrogen and oxygen atoms in total. The van der Waals surface area contributed by atoms with Crippen molar-refractivity contribution in [2.24, 2.45) is 5.73 Å². The maximum Gasteiger partial charge on any atom is 0.236 e. The van der Waals surface area contributed by atoms with Crippen molar-refractivity contribution in [3.63, 3.8) is 0 Å². The highest BCUT2D eigenvalue weighted by atomic mass is 79.9. The van der Waals surface area contributed by atoms with Gasteiger partial charge in [-0.25, -0.2) is 8.42 Å². The predicted octanol–water partition coefficient (Wildman–Crippen LogP) is 3.03. The zero-order chi connectivity index (χ0) is 15.5. The van der Waals surface area contributed by atoms with Crippen LogP contribution in [0.15, 0.2) is 53.0 Å². The Labute approximate surface area is 137 Å². The van der Waals surface area contributed by atoms with Gasteiger partial charge in [0, 0.05) is 10.0 Å². The zero-order valence-electron chi connectivity index (χ0n) is 10.9. The minimum Gasteiger partial charge on any atom is -0.389 e. The molecular weight excluding hydrogens is 372 g/mol. The number of nitrogens with two attached hydrogens (primary N) is 1. The summed E-state index contributed by atoms with van der Waals surface area (Å²) in [4.78, 5) is 0.139. The SMILES string of the molecule is NC(=S)c1ccc(Br)cc1NS(=O)(=O)Cc1ccccc1. The zero-order valence-corrected chi connectivity index (χ0v) is 14.1. The van der Waals surface area contributed by atoms with Crippen LogP contribution in [0.2, 0.25) is 0 Å². The number of sulfonamides is 1. The van der Waals surface area contributed by atoms with E-state index in [1.807, 2.05) is 6.07 Å². The smallest absolute Gasteiger partial charge is 0.236 e. The molecule has 0 heterocycles. The second-order valence-electron chi connectivity index (χ2n) is 4.40. The van der Waals surface area contributed by atoms with Gasteiger partial charge < -0.3 is 5.73 Å². The molecule has 21 heavy (non-hydrogen) atoms. The minimum atomic E-state index is -3.55. The highest BCUT2D eigenvalue weighted by Gasteiger charge is 2.15. The highest BCUT2D eigenvalue weighted by molar-refractivity contribution is 9.10. The summed E-state index contributed by atoms with van der Waals surface area (Å²) < 4.78 is 27.8. The molecule has 0 saturated carbocycles. The molecule has 0 amide bonds. The molecule has 2 rings (SSSR count). The number of nitrogens with one attached hydrogen (secondary N) is 1. The van der Waals surface area contributed by atoms with Gasteiger partial charge in [0.2, 0.25) is 10.0 Å². The van der Waals surface area contributed by atoms with Crippen LogP contribution >= 0.6 is 28.1 Å². The summed E-state index contributed by atoms with van der Waals surface area (Å²) in [7, 11) is -3.55. The molecule has 0 radical (unpaired) electrons. The summed E-state index contributed by atoms with van der Waals surface area (Å²) in [5.74, 6) is -0.114. The average Bonchev–Trinajstić information content (AvgIpc) is 2.38. The molecule has 2 aromatic rings. The molecule has 0 bridgehead atoms. The Morgan fingerprint density at radius 1 is 1.19 bits per heavy atom. The molecule has 0 fully saturated rings. The maximum atomic E-state index is 12.2. The van der Waals surface area contributed by atoms with E-state index in [0.29, 0.717) is 16.8 Å². The quantitative estimate of drug-likeness (QED) is 0.777. The maximum absolute atomic E-state index is 12.2. The van der Waals surface area contributed by atoms with Gasteiger partial charge in [0.1, 0.15) is 4.99 Å². The van der Waals surface area contributed by atoms with Crippen molar-refractivity contribution >= 4 is 48.8 Å². The Balaban J connectivity index is 2.28. The van der Waals surface area contributed by atoms with E-state index in [-0.39, 0.29) is 10.7 Å². The number of hydrogen-bond donors (Lipinski definition) is 2. The average molecular weight is 385 g/mol. The first-order valence-electron chi connectivity index (χ1n) is 6.01. The number of benzene rings is 2. The molecule has 2 aromatic carbocycles. The minimum absolute atomic E-state index is 0.114. The van der Waals surface area contributed by atoms with Crippen molar-refractivity contribution in [3.8, 4) is 0 Å². The third-order valence-corrected chi connectivity index (χ3v) is 4.67. The van der Waals surface area contributed by atoms with Gasteiger partial charge in [0.05, 0.1) is 11.4 Å². The molecule has 0 aliphatic heterocycles. The van der Waals surface area contributed by atoms with Crippen molar-refractivity contribution in [1.29, 1.82) is 0 Å². The van der Waals surface area contributed by atoms with Gasteiger partial charge in [-0.2, -0.15) is 0 Å². The number of halogens is 1. The van der Waals surface area contributed by atoms with Gasteiger partial charge in [-0.05, 0) is 23.8 Å². The van der Waals surface area contributed by atoms with E-state index in [4.69, 9.17) is 18.0 Å². The van der Waals surface area contributed by atoms with E-state index in [0.717, 1.165) is 4.47 Å². The highest BCUT2D eigenvalue weighted by Crippen LogP contribution is 2.23. The lowest BCUT2D eigenvalue weighted by atomic mass is 10.2. The molecule has 7 heteroatoms. The summed E-state index contributed by atoms with van der Waals surface area (Å²) >= 11 is 8.24. The topological polar surface area (TPSA) is 72.2 Å². The Hall–Kier alpha value is -1.44. The van der Waals surface area contributed by atoms with Gasteiger partial charge in [0.25, 0.3) is 0 Å². The normalized spacial score (nSPS) is 11.1. The van der Waals surface area contributed by atoms with Crippen LogP contribution in [0.1, 0.15) is 11.1 Å². The summed E-state index contributed by atoms with van der Waals surface area (Å²) in [6, 6.07) is 14.0. The third kappa shape index (κ3) is 4.52. The number of rotatable bonds is 5. The van der Waals surface area contributed by atoms with Crippen molar-refractivity contribution in [3.05, 3.63) is 64.1 Å². The molecule has 0 saturated heterocycles. The molecule has 0 atom stereocenters. The van der Waals surface area contributed by atoms with Crippen molar-refractivity contribution < 1.29 is 8.42 Å². The molecule has 0 aliphatic carbocycles. The molecule has 0 aromatic heterocycles. The second kappa shape index (κ2) is 6.55. The van der Waals surface area contributed by atoms with Crippen molar-refractivity contribution in [2.75, 3.05) is 4.72 Å². The van der Waals surface area contributed by atoms with Crippen LogP contribution in [0.25, 0.3) is 0 Å². The molecular formula is C14H13BrN2O2S2. The van der Waals surface area contributed by atoms with Gasteiger partial charge >= 0.3 is 0 Å². The first-order chi connectivity index (χ1) is 9.87. The van der Waals surface area contributed by atoms with Crippen LogP contribution in [-0.4, -0.2) is 13.4 Å². The van der Waals surface area contributed by atoms with E-state index in [9.17, 15) is 8.42 Å². The largest absolute Gasteiger partial charge is 0.389 e. The lowest BCUT2D eigenvalue weighted by Crippen LogP contribution is -2.19. The first kappa shape index (κ1) is 15.9. The molecule has 3 N–H and O–H groups in total. The molecule has 0 aliphatic rings. The lowest BCUT2D eigenvalue weighted by Gasteiger charge is -2.12. The Morgan fingerprint density at radius 3 is 2.48 bits per heavy atom. The van der Waals surface area contributed by atoms with Crippen molar-refractivity contribution in [1.82, 2.24) is 0 Å². The number of anilines is 1. The summed E-state index contributed by atoms with van der Waals surface area (Å²) in [5.41, 5.74) is 7.18. The van der Waals surface area contributed by atoms with Crippen LogP contribution in [0.4, 0.5) is 5.69 Å². The number of hydrogen-bond acceptors (Lipinski definition) is 3. The Morgan fingerprint density at radius 2 is 1.86 bits per heavy atom. The van der Waals surface area contributed by atoms with Crippen LogP contribution in [-0.2, 0) is 15.8 Å². The molecule has 0 unspecified atom stereocenters. The lowest BCUT2D eigenvalue weighted by molar-refractivity contribution is 0.600. The fourth-order valence-corrected chi connectivity index (χ4v) is 3.56. The van der Waals surface area contributed by atoms with Crippen LogP contribution in [0, 0.1) is 0 Å². The molecule has 0 spiro atoms. The molecule has 110 valence electrons. The first-order valence-corrected chi connectivity index (χ1v) is 8.86. The van der Waals surface area contributed by atoms with Crippen LogP contribution < -0.4 is 10.5 Å². The summed E-state index contributed by atoms with van der Waals surface area (Å²) in [6.45, 7) is 0. The number of thiocarbonyl (C=S) groups is 1. The third-order valence-electron chi connectivity index (χ3n) is 2.71. The Bertz CT molecular complexity index is 762. The fourth-order valence-electron chi connectivity index (χ4n) is 1.81. The van der Waals surface area contributed by atoms with E-state index < -0.39 is 10.0 Å². The predicted molar refractivity (Wildman–Crippen MR) is 92.7 cm³/mol. The van der Waals surface area contributed by atoms with E-state index in [1.54, 1.807) is 42.5 Å². The van der Waals surface area contributed by atoms with Crippen molar-refractivity contribution in [2.45, 2.75) is 5.75 Å². The monoisotopic (exact) mass is 384 g/mol. The standard InChI is InChI=1S/C14H13BrN2O2S2/c15-11-6-7-12(14(16)20)13(8-11)17-21(18,19)9-10-4-2-1-3-5-10/h1-8,17H,9H2,(H2,16,20). The van der Waals surface area contributed by atoms with Gasteiger partial charge in [-0.1, -0.05) is 58.5 Å². The van der Waals surface area contributed by atoms with Crippen LogP contribution in [0.3, 0.4) is 0 Å². The summed E-state index contributed by atoms with van der Waals surface area (Å²) in [6.07, 6.45) is 0. The fraction of sp³-hybridized carbons (Fsp3) is 0.0714. The van der Waals surface area contributed by atoms with E-state index >= 15 is 0 Å². The van der Waals surface area contributed by atoms with Gasteiger partial charge in [0.15, 0.2) is 0 Å². The van der Waals surface area contributed by atoms with Gasteiger partial charge in [-0.3, -0.25) is 4.72 Å². The van der Waals surface area contributed by atoms with E-state index in [1.165, 1.54) is 0 Å². The van der Waals surface area contributed by atoms with Crippen LogP contribution in [0.5, 0.6) is 0 Å². The van der Waals surface area contributed by atoms with E-state index in [2.05, 4.69) is 20.7 Å².